The Hall–Kier alpha value is -1.89. The van der Waals surface area contributed by atoms with E-state index in [0.717, 1.165) is 30.8 Å². The summed E-state index contributed by atoms with van der Waals surface area (Å²) in [6, 6.07) is 9.04. The molecule has 0 N–H and O–H groups in total. The lowest BCUT2D eigenvalue weighted by Gasteiger charge is -2.25. The van der Waals surface area contributed by atoms with E-state index in [-0.39, 0.29) is 11.9 Å². The van der Waals surface area contributed by atoms with Crippen LogP contribution in [0.25, 0.3) is 0 Å². The van der Waals surface area contributed by atoms with Gasteiger partial charge in [-0.05, 0) is 47.2 Å². The van der Waals surface area contributed by atoms with Crippen LogP contribution in [-0.4, -0.2) is 43.8 Å². The van der Waals surface area contributed by atoms with Gasteiger partial charge in [0.15, 0.2) is 0 Å². The number of carbonyl (C=O) groups excluding carboxylic acids is 1. The van der Waals surface area contributed by atoms with Crippen molar-refractivity contribution in [2.75, 3.05) is 12.8 Å². The number of nitrogens with zero attached hydrogens (tertiary/aromatic N) is 5. The summed E-state index contributed by atoms with van der Waals surface area (Å²) in [5.41, 5.74) is 2.65. The molecule has 7 heteroatoms. The van der Waals surface area contributed by atoms with Gasteiger partial charge in [0.1, 0.15) is 0 Å². The van der Waals surface area contributed by atoms with Crippen LogP contribution in [0.4, 0.5) is 0 Å². The Labute approximate surface area is 139 Å². The average Bonchev–Trinajstić information content (AvgIpc) is 3.16. The first-order valence-electron chi connectivity index (χ1n) is 7.98. The fourth-order valence-electron chi connectivity index (χ4n) is 3.17. The molecule has 2 aliphatic rings. The van der Waals surface area contributed by atoms with Gasteiger partial charge in [-0.2, -0.15) is 0 Å². The van der Waals surface area contributed by atoms with Gasteiger partial charge in [0.05, 0.1) is 17.8 Å². The summed E-state index contributed by atoms with van der Waals surface area (Å²) in [6.45, 7) is 0. The first-order chi connectivity index (χ1) is 11.2. The molecular formula is C16H19N5OS. The lowest BCUT2D eigenvalue weighted by Crippen LogP contribution is -2.31. The van der Waals surface area contributed by atoms with Gasteiger partial charge in [-0.15, -0.1) is 5.10 Å². The van der Waals surface area contributed by atoms with Crippen LogP contribution in [0.5, 0.6) is 0 Å². The topological polar surface area (TPSA) is 63.9 Å². The van der Waals surface area contributed by atoms with E-state index in [0.29, 0.717) is 11.8 Å². The van der Waals surface area contributed by atoms with Crippen molar-refractivity contribution in [1.29, 1.82) is 0 Å². The minimum absolute atomic E-state index is 0.127. The van der Waals surface area contributed by atoms with Crippen molar-refractivity contribution < 1.29 is 4.79 Å². The van der Waals surface area contributed by atoms with Crippen LogP contribution in [0.2, 0.25) is 0 Å². The fraction of sp³-hybridized carbons (Fsp3) is 0.500. The quantitative estimate of drug-likeness (QED) is 0.787. The highest BCUT2D eigenvalue weighted by atomic mass is 32.2. The van der Waals surface area contributed by atoms with Crippen molar-refractivity contribution in [2.24, 2.45) is 0 Å². The molecular weight excluding hydrogens is 310 g/mol. The molecule has 1 heterocycles. The van der Waals surface area contributed by atoms with E-state index in [1.165, 1.54) is 22.9 Å². The maximum absolute atomic E-state index is 12.6. The lowest BCUT2D eigenvalue weighted by molar-refractivity contribution is -0.129. The summed E-state index contributed by atoms with van der Waals surface area (Å²) in [6.07, 6.45) is 4.31. The third-order valence-corrected chi connectivity index (χ3v) is 5.56. The van der Waals surface area contributed by atoms with Crippen LogP contribution in [0.3, 0.4) is 0 Å². The molecule has 4 rings (SSSR count). The van der Waals surface area contributed by atoms with Gasteiger partial charge in [-0.3, -0.25) is 4.79 Å². The normalized spacial score (nSPS) is 19.6. The molecule has 1 fully saturated rings. The molecule has 120 valence electrons. The van der Waals surface area contributed by atoms with Gasteiger partial charge < -0.3 is 4.90 Å². The standard InChI is InChI=1S/C16H19N5OS/c1-20(14-9-6-11-4-2-3-5-13(11)14)15(22)10-23-16-17-18-19-21(16)12-7-8-12/h2-5,12,14H,6-10H2,1H3/t14-/m1/s1. The van der Waals surface area contributed by atoms with Crippen LogP contribution >= 0.6 is 11.8 Å². The van der Waals surface area contributed by atoms with Gasteiger partial charge >= 0.3 is 0 Å². The molecule has 0 unspecified atom stereocenters. The summed E-state index contributed by atoms with van der Waals surface area (Å²) < 4.78 is 1.85. The van der Waals surface area contributed by atoms with E-state index in [1.807, 2.05) is 22.7 Å². The van der Waals surface area contributed by atoms with Crippen LogP contribution in [0.1, 0.15) is 42.5 Å². The van der Waals surface area contributed by atoms with E-state index < -0.39 is 0 Å². The van der Waals surface area contributed by atoms with E-state index in [9.17, 15) is 4.79 Å². The predicted molar refractivity (Wildman–Crippen MR) is 87.1 cm³/mol. The molecule has 6 nitrogen and oxygen atoms in total. The van der Waals surface area contributed by atoms with Crippen LogP contribution in [-0.2, 0) is 11.2 Å². The molecule has 0 saturated heterocycles. The zero-order valence-corrected chi connectivity index (χ0v) is 13.9. The second-order valence-electron chi connectivity index (χ2n) is 6.18. The van der Waals surface area contributed by atoms with Gasteiger partial charge in [0.25, 0.3) is 0 Å². The Balaban J connectivity index is 1.40. The second-order valence-corrected chi connectivity index (χ2v) is 7.13. The van der Waals surface area contributed by atoms with Crippen LogP contribution < -0.4 is 0 Å². The summed E-state index contributed by atoms with van der Waals surface area (Å²) in [5, 5.41) is 12.5. The van der Waals surface area contributed by atoms with Crippen molar-refractivity contribution >= 4 is 17.7 Å². The van der Waals surface area contributed by atoms with Gasteiger partial charge in [-0.25, -0.2) is 4.68 Å². The first-order valence-corrected chi connectivity index (χ1v) is 8.96. The third-order valence-electron chi connectivity index (χ3n) is 4.64. The highest BCUT2D eigenvalue weighted by molar-refractivity contribution is 7.99. The molecule has 0 radical (unpaired) electrons. The molecule has 2 aliphatic carbocycles. The van der Waals surface area contributed by atoms with Crippen molar-refractivity contribution in [3.63, 3.8) is 0 Å². The second kappa shape index (κ2) is 5.96. The lowest BCUT2D eigenvalue weighted by atomic mass is 10.1. The van der Waals surface area contributed by atoms with Crippen molar-refractivity contribution in [1.82, 2.24) is 25.1 Å². The minimum Gasteiger partial charge on any atom is -0.338 e. The summed E-state index contributed by atoms with van der Waals surface area (Å²) in [5.74, 6) is 0.504. The Kier molecular flexibility index (Phi) is 3.80. The number of hydrogen-bond donors (Lipinski definition) is 0. The van der Waals surface area contributed by atoms with Gasteiger partial charge in [-0.1, -0.05) is 36.0 Å². The van der Waals surface area contributed by atoms with E-state index in [4.69, 9.17) is 0 Å². The van der Waals surface area contributed by atoms with E-state index in [2.05, 4.69) is 33.7 Å². The predicted octanol–water partition coefficient (Wildman–Crippen LogP) is 2.25. The average molecular weight is 329 g/mol. The molecule has 0 aliphatic heterocycles. The summed E-state index contributed by atoms with van der Waals surface area (Å²) >= 11 is 1.43. The molecule has 1 atom stereocenters. The van der Waals surface area contributed by atoms with Crippen LogP contribution in [0.15, 0.2) is 29.4 Å². The minimum atomic E-state index is 0.127. The number of amides is 1. The monoisotopic (exact) mass is 329 g/mol. The number of benzene rings is 1. The molecule has 0 spiro atoms. The Morgan fingerprint density at radius 3 is 3.00 bits per heavy atom. The summed E-state index contributed by atoms with van der Waals surface area (Å²) in [4.78, 5) is 14.4. The molecule has 1 aromatic carbocycles. The first kappa shape index (κ1) is 14.7. The number of tetrazole rings is 1. The SMILES string of the molecule is CN(C(=O)CSc1nnnn1C1CC1)[C@@H]1CCc2ccccc21. The largest absolute Gasteiger partial charge is 0.338 e. The molecule has 0 bridgehead atoms. The zero-order chi connectivity index (χ0) is 15.8. The molecule has 1 amide bonds. The number of thioether (sulfide) groups is 1. The van der Waals surface area contributed by atoms with E-state index in [1.54, 1.807) is 0 Å². The maximum Gasteiger partial charge on any atom is 0.233 e. The Bertz CT molecular complexity index is 727. The number of rotatable bonds is 5. The number of carbonyl (C=O) groups is 1. The number of aryl methyl sites for hydroxylation is 1. The molecule has 1 saturated carbocycles. The van der Waals surface area contributed by atoms with Crippen molar-refractivity contribution in [3.8, 4) is 0 Å². The smallest absolute Gasteiger partial charge is 0.233 e. The highest BCUT2D eigenvalue weighted by Crippen LogP contribution is 2.37. The Morgan fingerprint density at radius 2 is 2.17 bits per heavy atom. The van der Waals surface area contributed by atoms with Gasteiger partial charge in [0, 0.05) is 7.05 Å². The highest BCUT2D eigenvalue weighted by Gasteiger charge is 2.30. The third kappa shape index (κ3) is 2.85. The Morgan fingerprint density at radius 1 is 1.35 bits per heavy atom. The molecule has 2 aromatic rings. The summed E-state index contributed by atoms with van der Waals surface area (Å²) in [7, 11) is 1.90. The number of fused-ring (bicyclic) bond motifs is 1. The van der Waals surface area contributed by atoms with Crippen LogP contribution in [0, 0.1) is 0 Å². The molecule has 1 aromatic heterocycles. The van der Waals surface area contributed by atoms with E-state index >= 15 is 0 Å². The maximum atomic E-state index is 12.6. The molecule has 23 heavy (non-hydrogen) atoms. The fourth-order valence-corrected chi connectivity index (χ4v) is 4.04. The van der Waals surface area contributed by atoms with Crippen molar-refractivity contribution in [2.45, 2.75) is 42.9 Å². The number of aromatic nitrogens is 4. The zero-order valence-electron chi connectivity index (χ0n) is 13.1. The number of hydrogen-bond acceptors (Lipinski definition) is 5. The van der Waals surface area contributed by atoms with Crippen molar-refractivity contribution in [3.05, 3.63) is 35.4 Å². The van der Waals surface area contributed by atoms with Gasteiger partial charge in [0.2, 0.25) is 11.1 Å².